The van der Waals surface area contributed by atoms with Crippen molar-refractivity contribution in [1.82, 2.24) is 0 Å². The third-order valence-corrected chi connectivity index (χ3v) is 12.0. The van der Waals surface area contributed by atoms with Crippen molar-refractivity contribution in [3.63, 3.8) is 0 Å². The van der Waals surface area contributed by atoms with Crippen LogP contribution in [-0.4, -0.2) is 0 Å². The van der Waals surface area contributed by atoms with Crippen LogP contribution >= 0.6 is 0 Å². The van der Waals surface area contributed by atoms with E-state index in [1.54, 1.807) is 0 Å². The molecule has 7 aromatic rings. The third-order valence-electron chi connectivity index (χ3n) is 12.0. The molecule has 1 spiro atoms. The molecule has 1 atom stereocenters. The lowest BCUT2D eigenvalue weighted by Crippen LogP contribution is -2.27. The number of nitrogens with zero attached hydrogens (tertiary/aromatic N) is 1. The summed E-state index contributed by atoms with van der Waals surface area (Å²) in [6.45, 7) is 13.1. The van der Waals surface area contributed by atoms with Crippen molar-refractivity contribution in [1.29, 1.82) is 0 Å². The van der Waals surface area contributed by atoms with E-state index < -0.39 is 5.41 Å². The fraction of sp³-hybridized carbons (Fsp3) is 0.148. The minimum atomic E-state index is -0.424. The second-order valence-electron chi connectivity index (χ2n) is 15.5. The van der Waals surface area contributed by atoms with Gasteiger partial charge in [-0.25, -0.2) is 0 Å². The molecule has 0 saturated heterocycles. The number of benzene rings is 7. The lowest BCUT2D eigenvalue weighted by Gasteiger charge is -2.35. The molecule has 0 bridgehead atoms. The van der Waals surface area contributed by atoms with Crippen LogP contribution in [0.25, 0.3) is 44.5 Å². The predicted molar refractivity (Wildman–Crippen MR) is 234 cm³/mol. The summed E-state index contributed by atoms with van der Waals surface area (Å²) in [7, 11) is 0. The van der Waals surface area contributed by atoms with E-state index in [2.05, 4.69) is 209 Å². The molecule has 1 nitrogen and oxygen atoms in total. The Morgan fingerprint density at radius 2 is 1.04 bits per heavy atom. The van der Waals surface area contributed by atoms with E-state index >= 15 is 0 Å². The smallest absolute Gasteiger partial charge is 0.0725 e. The van der Waals surface area contributed by atoms with Gasteiger partial charge in [0.25, 0.3) is 0 Å². The number of aryl methyl sites for hydroxylation is 2. The Morgan fingerprint density at radius 1 is 0.436 bits per heavy atom. The van der Waals surface area contributed by atoms with Crippen LogP contribution < -0.4 is 4.90 Å². The molecule has 0 aliphatic heterocycles. The average molecular weight is 710 g/mol. The van der Waals surface area contributed by atoms with Gasteiger partial charge in [-0.1, -0.05) is 173 Å². The first-order chi connectivity index (χ1) is 26.9. The monoisotopic (exact) mass is 709 g/mol. The summed E-state index contributed by atoms with van der Waals surface area (Å²) in [5.74, 6) is 0. The van der Waals surface area contributed by atoms with Crippen molar-refractivity contribution in [2.45, 2.75) is 47.0 Å². The number of allylic oxidation sites excluding steroid dienone is 3. The standard InChI is InChI=1S/C52H41N.C2H6/c1-34-16-8-9-21-40(34)49-35(2)27-29-47-50(49)42-23-11-13-25-45(42)52(47)44-24-12-10-22-41(44)43-33-39(28-30-46(43)52)53(48-26-15-31-51(48,3)4)38-20-14-19-37(32-38)36-17-6-5-7-18-36;1-2/h5-33H,1-4H3;1-2H3. The van der Waals surface area contributed by atoms with Gasteiger partial charge in [0, 0.05) is 22.5 Å². The molecule has 3 aliphatic carbocycles. The Hall–Kier alpha value is -6.18. The number of fused-ring (bicyclic) bond motifs is 10. The minimum Gasteiger partial charge on any atom is -0.313 e. The Morgan fingerprint density at radius 3 is 1.76 bits per heavy atom. The molecule has 7 aromatic carbocycles. The molecule has 0 saturated carbocycles. The molecule has 1 heteroatoms. The van der Waals surface area contributed by atoms with Crippen LogP contribution in [0.15, 0.2) is 182 Å². The maximum absolute atomic E-state index is 2.48. The van der Waals surface area contributed by atoms with Crippen molar-refractivity contribution in [3.05, 3.63) is 215 Å². The summed E-state index contributed by atoms with van der Waals surface area (Å²) in [5.41, 5.74) is 21.5. The number of hydrogen-bond donors (Lipinski definition) is 0. The van der Waals surface area contributed by atoms with Crippen LogP contribution in [0.1, 0.15) is 61.1 Å². The highest BCUT2D eigenvalue weighted by molar-refractivity contribution is 6.01. The predicted octanol–water partition coefficient (Wildman–Crippen LogP) is 14.6. The van der Waals surface area contributed by atoms with Crippen LogP contribution in [0.5, 0.6) is 0 Å². The highest BCUT2D eigenvalue weighted by Crippen LogP contribution is 2.65. The molecule has 0 heterocycles. The summed E-state index contributed by atoms with van der Waals surface area (Å²) < 4.78 is 0. The van der Waals surface area contributed by atoms with Gasteiger partial charge in [-0.15, -0.1) is 0 Å². The lowest BCUT2D eigenvalue weighted by atomic mass is 9.70. The van der Waals surface area contributed by atoms with Crippen molar-refractivity contribution in [3.8, 4) is 44.5 Å². The van der Waals surface area contributed by atoms with Gasteiger partial charge in [-0.2, -0.15) is 0 Å². The van der Waals surface area contributed by atoms with Gasteiger partial charge < -0.3 is 4.90 Å². The highest BCUT2D eigenvalue weighted by Gasteiger charge is 2.52. The fourth-order valence-electron chi connectivity index (χ4n) is 9.59. The first kappa shape index (κ1) is 34.6. The molecular formula is C54H47N. The Bertz CT molecular complexity index is 2670. The topological polar surface area (TPSA) is 3.24 Å². The zero-order valence-electron chi connectivity index (χ0n) is 32.7. The summed E-state index contributed by atoms with van der Waals surface area (Å²) in [5, 5.41) is 0. The van der Waals surface area contributed by atoms with Gasteiger partial charge in [-0.3, -0.25) is 0 Å². The Kier molecular flexibility index (Phi) is 8.35. The normalized spacial score (nSPS) is 16.4. The first-order valence-corrected chi connectivity index (χ1v) is 19.8. The van der Waals surface area contributed by atoms with E-state index in [0.29, 0.717) is 0 Å². The highest BCUT2D eigenvalue weighted by atomic mass is 15.2. The van der Waals surface area contributed by atoms with Gasteiger partial charge >= 0.3 is 0 Å². The van der Waals surface area contributed by atoms with Crippen molar-refractivity contribution < 1.29 is 0 Å². The van der Waals surface area contributed by atoms with Crippen LogP contribution in [0.3, 0.4) is 0 Å². The van der Waals surface area contributed by atoms with Crippen LogP contribution in [0, 0.1) is 19.3 Å². The molecule has 3 aliphatic rings. The van der Waals surface area contributed by atoms with Gasteiger partial charge in [0.05, 0.1) is 5.41 Å². The molecule has 0 N–H and O–H groups in total. The Balaban J connectivity index is 0.00000195. The van der Waals surface area contributed by atoms with E-state index in [1.165, 1.54) is 89.3 Å². The lowest BCUT2D eigenvalue weighted by molar-refractivity contribution is 0.578. The first-order valence-electron chi connectivity index (χ1n) is 19.8. The van der Waals surface area contributed by atoms with Crippen molar-refractivity contribution in [2.75, 3.05) is 4.90 Å². The fourth-order valence-corrected chi connectivity index (χ4v) is 9.59. The number of anilines is 2. The SMILES string of the molecule is CC.Cc1ccccc1-c1c(C)ccc2c1-c1ccccc1C21c2ccccc2-c2cc(N(C3=CC=CC3(C)C)c3cccc(-c4ccccc4)c3)ccc21. The summed E-state index contributed by atoms with van der Waals surface area (Å²) in [6.07, 6.45) is 6.81. The molecule has 55 heavy (non-hydrogen) atoms. The van der Waals surface area contributed by atoms with E-state index in [1.807, 2.05) is 13.8 Å². The summed E-state index contributed by atoms with van der Waals surface area (Å²) in [4.78, 5) is 2.48. The van der Waals surface area contributed by atoms with Crippen LogP contribution in [-0.2, 0) is 5.41 Å². The molecule has 268 valence electrons. The molecule has 10 rings (SSSR count). The zero-order valence-corrected chi connectivity index (χ0v) is 32.7. The van der Waals surface area contributed by atoms with Crippen molar-refractivity contribution in [2.24, 2.45) is 5.41 Å². The largest absolute Gasteiger partial charge is 0.313 e. The molecular weight excluding hydrogens is 663 g/mol. The third kappa shape index (κ3) is 5.14. The Labute approximate surface area is 327 Å². The van der Waals surface area contributed by atoms with Gasteiger partial charge in [-0.05, 0) is 122 Å². The maximum Gasteiger partial charge on any atom is 0.0725 e. The molecule has 0 aromatic heterocycles. The van der Waals surface area contributed by atoms with Gasteiger partial charge in [0.15, 0.2) is 0 Å². The maximum atomic E-state index is 2.48. The van der Waals surface area contributed by atoms with Crippen LogP contribution in [0.2, 0.25) is 0 Å². The molecule has 0 fully saturated rings. The quantitative estimate of drug-likeness (QED) is 0.172. The van der Waals surface area contributed by atoms with Crippen molar-refractivity contribution >= 4 is 11.4 Å². The summed E-state index contributed by atoms with van der Waals surface area (Å²) >= 11 is 0. The van der Waals surface area contributed by atoms with E-state index in [0.717, 1.165) is 5.69 Å². The van der Waals surface area contributed by atoms with E-state index in [-0.39, 0.29) is 5.41 Å². The molecule has 0 radical (unpaired) electrons. The number of rotatable bonds is 5. The second kappa shape index (κ2) is 13.3. The van der Waals surface area contributed by atoms with Gasteiger partial charge in [0.1, 0.15) is 0 Å². The number of hydrogen-bond acceptors (Lipinski definition) is 1. The molecule has 1 unspecified atom stereocenters. The summed E-state index contributed by atoms with van der Waals surface area (Å²) in [6, 6.07) is 58.9. The zero-order chi connectivity index (χ0) is 37.9. The molecule has 0 amide bonds. The van der Waals surface area contributed by atoms with E-state index in [9.17, 15) is 0 Å². The minimum absolute atomic E-state index is 0.131. The van der Waals surface area contributed by atoms with E-state index in [4.69, 9.17) is 0 Å². The van der Waals surface area contributed by atoms with Gasteiger partial charge in [0.2, 0.25) is 0 Å². The average Bonchev–Trinajstić information content (AvgIpc) is 3.84. The van der Waals surface area contributed by atoms with Crippen LogP contribution in [0.4, 0.5) is 11.4 Å². The second-order valence-corrected chi connectivity index (χ2v) is 15.5.